The first-order valence-corrected chi connectivity index (χ1v) is 1.75. The van der Waals surface area contributed by atoms with E-state index in [2.05, 4.69) is 5.73 Å². The van der Waals surface area contributed by atoms with Gasteiger partial charge in [0.1, 0.15) is 0 Å². The Balaban J connectivity index is 0. The van der Waals surface area contributed by atoms with E-state index in [0.717, 1.165) is 6.54 Å². The molecule has 0 amide bonds. The Bertz CT molecular complexity index is 42.2. The summed E-state index contributed by atoms with van der Waals surface area (Å²) >= 11 is 0. The molecule has 5 nitrogen and oxygen atoms in total. The highest BCUT2D eigenvalue weighted by Crippen LogP contribution is 1.44. The maximum Gasteiger partial charge on any atom is 0.0711 e. The summed E-state index contributed by atoms with van der Waals surface area (Å²) in [4.78, 5) is 8.25. The Labute approximate surface area is 40.9 Å². The molecule has 0 bridgehead atoms. The Hall–Kier alpha value is -0.840. The highest BCUT2D eigenvalue weighted by atomic mass is 16.9. The Morgan fingerprint density at radius 3 is 1.71 bits per heavy atom. The van der Waals surface area contributed by atoms with E-state index in [1.807, 2.05) is 6.92 Å². The van der Waals surface area contributed by atoms with Crippen molar-refractivity contribution >= 4 is 0 Å². The van der Waals surface area contributed by atoms with Crippen molar-refractivity contribution in [1.29, 1.82) is 0 Å². The molecule has 44 valence electrons. The molecule has 0 aliphatic heterocycles. The van der Waals surface area contributed by atoms with E-state index >= 15 is 0 Å². The van der Waals surface area contributed by atoms with Gasteiger partial charge in [-0.3, -0.25) is 0 Å². The zero-order valence-electron chi connectivity index (χ0n) is 4.09. The molecular formula is C2H8N2O3. The SMILES string of the molecule is CC[NH3+].O=[N+]([O-])[O-]. The fourth-order valence-electron chi connectivity index (χ4n) is 0. The Morgan fingerprint density at radius 1 is 1.71 bits per heavy atom. The summed E-state index contributed by atoms with van der Waals surface area (Å²) in [6.07, 6.45) is 0. The van der Waals surface area contributed by atoms with Gasteiger partial charge < -0.3 is 21.1 Å². The molecule has 0 saturated carbocycles. The van der Waals surface area contributed by atoms with E-state index < -0.39 is 5.09 Å². The zero-order valence-corrected chi connectivity index (χ0v) is 4.09. The molecule has 0 aromatic carbocycles. The van der Waals surface area contributed by atoms with E-state index in [4.69, 9.17) is 15.3 Å². The second-order valence-electron chi connectivity index (χ2n) is 0.724. The van der Waals surface area contributed by atoms with Gasteiger partial charge in [0.2, 0.25) is 0 Å². The minimum Gasteiger partial charge on any atom is -0.358 e. The standard InChI is InChI=1S/C2H7N.NO3/c1-2-3;2-1(3)4/h2-3H2,1H3;/q;-1/p+1. The van der Waals surface area contributed by atoms with Crippen LogP contribution in [-0.4, -0.2) is 11.6 Å². The number of hydrogen-bond acceptors (Lipinski definition) is 3. The lowest BCUT2D eigenvalue weighted by molar-refractivity contribution is -0.402. The normalized spacial score (nSPS) is 6.00. The molecule has 0 spiro atoms. The van der Waals surface area contributed by atoms with Crippen LogP contribution < -0.4 is 5.73 Å². The number of nitrogens with zero attached hydrogens (tertiary/aromatic N) is 1. The van der Waals surface area contributed by atoms with E-state index in [-0.39, 0.29) is 0 Å². The summed E-state index contributed by atoms with van der Waals surface area (Å²) in [6, 6.07) is 0. The maximum atomic E-state index is 8.25. The largest absolute Gasteiger partial charge is 0.358 e. The van der Waals surface area contributed by atoms with Crippen LogP contribution in [0.15, 0.2) is 0 Å². The van der Waals surface area contributed by atoms with Crippen LogP contribution in [0, 0.1) is 15.3 Å². The predicted octanol–water partition coefficient (Wildman–Crippen LogP) is -0.991. The molecule has 3 N–H and O–H groups in total. The van der Waals surface area contributed by atoms with Crippen LogP contribution in [-0.2, 0) is 0 Å². The molecule has 0 radical (unpaired) electrons. The molecule has 0 fully saturated rings. The van der Waals surface area contributed by atoms with Crippen molar-refractivity contribution in [2.45, 2.75) is 6.92 Å². The second-order valence-corrected chi connectivity index (χ2v) is 0.724. The highest BCUT2D eigenvalue weighted by Gasteiger charge is 1.45. The summed E-state index contributed by atoms with van der Waals surface area (Å²) in [5, 5.41) is 14.8. The number of rotatable bonds is 0. The quantitative estimate of drug-likeness (QED) is 0.319. The first kappa shape index (κ1) is 9.48. The molecule has 0 atom stereocenters. The third-order valence-electron chi connectivity index (χ3n) is 0. The lowest BCUT2D eigenvalue weighted by atomic mass is 10.8. The molecule has 0 aliphatic carbocycles. The fourth-order valence-corrected chi connectivity index (χ4v) is 0. The molecule has 0 saturated heterocycles. The molecule has 0 aromatic heterocycles. The van der Waals surface area contributed by atoms with Crippen molar-refractivity contribution in [2.75, 3.05) is 6.54 Å². The number of quaternary nitrogens is 1. The van der Waals surface area contributed by atoms with Crippen LogP contribution in [0.2, 0.25) is 0 Å². The van der Waals surface area contributed by atoms with Gasteiger partial charge in [0, 0.05) is 0 Å². The van der Waals surface area contributed by atoms with Gasteiger partial charge >= 0.3 is 0 Å². The third kappa shape index (κ3) is 73.0. The van der Waals surface area contributed by atoms with Crippen molar-refractivity contribution in [3.63, 3.8) is 0 Å². The molecule has 7 heavy (non-hydrogen) atoms. The monoisotopic (exact) mass is 108 g/mol. The van der Waals surface area contributed by atoms with Crippen molar-refractivity contribution in [3.05, 3.63) is 15.3 Å². The lowest BCUT2D eigenvalue weighted by Gasteiger charge is -1.74. The molecule has 5 heteroatoms. The molecule has 0 aromatic rings. The van der Waals surface area contributed by atoms with Crippen molar-refractivity contribution < 1.29 is 10.8 Å². The van der Waals surface area contributed by atoms with Crippen LogP contribution in [0.3, 0.4) is 0 Å². The van der Waals surface area contributed by atoms with Gasteiger partial charge in [0.25, 0.3) is 0 Å². The van der Waals surface area contributed by atoms with E-state index in [9.17, 15) is 0 Å². The van der Waals surface area contributed by atoms with Gasteiger partial charge in [0.05, 0.1) is 11.6 Å². The van der Waals surface area contributed by atoms with Gasteiger partial charge in [-0.05, 0) is 6.92 Å². The molecule has 0 rings (SSSR count). The van der Waals surface area contributed by atoms with Crippen LogP contribution in [0.25, 0.3) is 0 Å². The smallest absolute Gasteiger partial charge is 0.0711 e. The van der Waals surface area contributed by atoms with Gasteiger partial charge in [0.15, 0.2) is 0 Å². The minimum atomic E-state index is -1.75. The predicted molar refractivity (Wildman–Crippen MR) is 23.8 cm³/mol. The summed E-state index contributed by atoms with van der Waals surface area (Å²) in [5.41, 5.74) is 3.49. The van der Waals surface area contributed by atoms with E-state index in [1.54, 1.807) is 0 Å². The average molecular weight is 108 g/mol. The topological polar surface area (TPSA) is 93.8 Å². The lowest BCUT2D eigenvalue weighted by Crippen LogP contribution is -2.48. The summed E-state index contributed by atoms with van der Waals surface area (Å²) in [7, 11) is 0. The summed E-state index contributed by atoms with van der Waals surface area (Å²) < 4.78 is 0. The van der Waals surface area contributed by atoms with Gasteiger partial charge in [-0.2, -0.15) is 0 Å². The third-order valence-corrected chi connectivity index (χ3v) is 0. The van der Waals surface area contributed by atoms with Crippen molar-refractivity contribution in [2.24, 2.45) is 0 Å². The van der Waals surface area contributed by atoms with Crippen molar-refractivity contribution in [1.82, 2.24) is 0 Å². The Kier molecular flexibility index (Phi) is 12.1. The van der Waals surface area contributed by atoms with E-state index in [0.29, 0.717) is 0 Å². The fraction of sp³-hybridized carbons (Fsp3) is 1.00. The molecule has 0 unspecified atom stereocenters. The molecule has 0 aliphatic rings. The first-order valence-electron chi connectivity index (χ1n) is 1.75. The van der Waals surface area contributed by atoms with Gasteiger partial charge in [-0.1, -0.05) is 0 Å². The van der Waals surface area contributed by atoms with Crippen molar-refractivity contribution in [3.8, 4) is 0 Å². The average Bonchev–Trinajstić information content (AvgIpc) is 1.33. The molecular weight excluding hydrogens is 100 g/mol. The van der Waals surface area contributed by atoms with Crippen LogP contribution in [0.5, 0.6) is 0 Å². The number of hydrogen-bond donors (Lipinski definition) is 1. The molecule has 0 heterocycles. The first-order chi connectivity index (χ1) is 3.15. The second kappa shape index (κ2) is 8.94. The van der Waals surface area contributed by atoms with Crippen LogP contribution >= 0.6 is 0 Å². The zero-order chi connectivity index (χ0) is 6.28. The highest BCUT2D eigenvalue weighted by molar-refractivity contribution is 4.03. The summed E-state index contributed by atoms with van der Waals surface area (Å²) in [6.45, 7) is 3.01. The minimum absolute atomic E-state index is 1.00. The van der Waals surface area contributed by atoms with E-state index in [1.165, 1.54) is 0 Å². The Morgan fingerprint density at radius 2 is 1.71 bits per heavy atom. The van der Waals surface area contributed by atoms with Crippen LogP contribution in [0.4, 0.5) is 0 Å². The van der Waals surface area contributed by atoms with Gasteiger partial charge in [-0.25, -0.2) is 0 Å². The van der Waals surface area contributed by atoms with Crippen LogP contribution in [0.1, 0.15) is 6.92 Å². The maximum absolute atomic E-state index is 8.25. The summed E-state index contributed by atoms with van der Waals surface area (Å²) in [5.74, 6) is 0. The van der Waals surface area contributed by atoms with Gasteiger partial charge in [-0.15, -0.1) is 0 Å².